The Morgan fingerprint density at radius 2 is 1.79 bits per heavy atom. The summed E-state index contributed by atoms with van der Waals surface area (Å²) >= 11 is 0. The van der Waals surface area contributed by atoms with Crippen LogP contribution in [0.5, 0.6) is 0 Å². The highest BCUT2D eigenvalue weighted by Crippen LogP contribution is 2.46. The predicted molar refractivity (Wildman–Crippen MR) is 132 cm³/mol. The average Bonchev–Trinajstić information content (AvgIpc) is 3.62. The first-order valence-corrected chi connectivity index (χ1v) is 12.9. The molecular formula is C28H28F3N3O4. The summed E-state index contributed by atoms with van der Waals surface area (Å²) in [4.78, 5) is 18.8. The zero-order valence-electron chi connectivity index (χ0n) is 20.9. The maximum absolute atomic E-state index is 13.8. The van der Waals surface area contributed by atoms with Crippen molar-refractivity contribution in [2.75, 3.05) is 12.0 Å². The van der Waals surface area contributed by atoms with Crippen LogP contribution in [0.2, 0.25) is 0 Å². The Bertz CT molecular complexity index is 1320. The fourth-order valence-electron chi connectivity index (χ4n) is 5.90. The number of esters is 1. The van der Waals surface area contributed by atoms with Crippen LogP contribution in [0.3, 0.4) is 0 Å². The molecule has 200 valence electrons. The molecule has 7 nitrogen and oxygen atoms in total. The third kappa shape index (κ3) is 4.66. The number of hydrogen-bond donors (Lipinski definition) is 0. The van der Waals surface area contributed by atoms with Crippen LogP contribution < -0.4 is 4.90 Å². The Morgan fingerprint density at radius 1 is 1.05 bits per heavy atom. The highest BCUT2D eigenvalue weighted by molar-refractivity contribution is 5.87. The first-order chi connectivity index (χ1) is 18.3. The number of rotatable bonds is 7. The van der Waals surface area contributed by atoms with E-state index in [-0.39, 0.29) is 47.7 Å². The largest absolute Gasteiger partial charge is 0.464 e. The van der Waals surface area contributed by atoms with Gasteiger partial charge in [0.2, 0.25) is 0 Å². The van der Waals surface area contributed by atoms with Gasteiger partial charge in [0.25, 0.3) is 0 Å². The molecule has 10 heteroatoms. The van der Waals surface area contributed by atoms with E-state index < -0.39 is 17.7 Å². The molecule has 0 amide bonds. The predicted octanol–water partition coefficient (Wildman–Crippen LogP) is 6.14. The van der Waals surface area contributed by atoms with Gasteiger partial charge in [-0.15, -0.1) is 0 Å². The number of aromatic nitrogens is 2. The van der Waals surface area contributed by atoms with E-state index in [1.807, 2.05) is 12.1 Å². The van der Waals surface area contributed by atoms with Gasteiger partial charge in [-0.3, -0.25) is 0 Å². The van der Waals surface area contributed by atoms with Crippen molar-refractivity contribution in [1.82, 2.24) is 10.1 Å². The van der Waals surface area contributed by atoms with E-state index in [1.165, 1.54) is 19.2 Å². The van der Waals surface area contributed by atoms with Gasteiger partial charge < -0.3 is 18.9 Å². The Hall–Kier alpha value is -3.40. The molecule has 38 heavy (non-hydrogen) atoms. The quantitative estimate of drug-likeness (QED) is 0.342. The van der Waals surface area contributed by atoms with Crippen molar-refractivity contribution in [1.29, 1.82) is 0 Å². The number of halogens is 3. The molecule has 1 saturated carbocycles. The van der Waals surface area contributed by atoms with Crippen molar-refractivity contribution in [3.8, 4) is 11.3 Å². The summed E-state index contributed by atoms with van der Waals surface area (Å²) in [6.07, 6.45) is 0.807. The lowest BCUT2D eigenvalue weighted by atomic mass is 9.98. The number of methoxy groups -OCH3 is 1. The number of anilines is 1. The van der Waals surface area contributed by atoms with Crippen molar-refractivity contribution in [3.05, 3.63) is 65.0 Å². The van der Waals surface area contributed by atoms with Crippen LogP contribution in [0.25, 0.3) is 11.3 Å². The van der Waals surface area contributed by atoms with Crippen LogP contribution in [0, 0.1) is 0 Å². The van der Waals surface area contributed by atoms with E-state index in [4.69, 9.17) is 14.0 Å². The molecule has 1 aliphatic carbocycles. The zero-order valence-corrected chi connectivity index (χ0v) is 20.9. The lowest BCUT2D eigenvalue weighted by Gasteiger charge is -2.39. The van der Waals surface area contributed by atoms with Crippen LogP contribution in [0.1, 0.15) is 71.8 Å². The molecule has 2 bridgehead atoms. The molecule has 2 aliphatic heterocycles. The highest BCUT2D eigenvalue weighted by Gasteiger charge is 2.43. The van der Waals surface area contributed by atoms with Gasteiger partial charge >= 0.3 is 12.1 Å². The molecule has 0 N–H and O–H groups in total. The lowest BCUT2D eigenvalue weighted by molar-refractivity contribution is -0.137. The third-order valence-corrected chi connectivity index (χ3v) is 7.80. The molecule has 2 atom stereocenters. The summed E-state index contributed by atoms with van der Waals surface area (Å²) in [5.74, 6) is 1.10. The van der Waals surface area contributed by atoms with Crippen LogP contribution in [-0.4, -0.2) is 41.4 Å². The second kappa shape index (κ2) is 9.72. The Kier molecular flexibility index (Phi) is 6.37. The maximum Gasteiger partial charge on any atom is 0.417 e. The first kappa shape index (κ1) is 24.9. The van der Waals surface area contributed by atoms with E-state index in [1.54, 1.807) is 12.1 Å². The van der Waals surface area contributed by atoms with E-state index >= 15 is 0 Å². The summed E-state index contributed by atoms with van der Waals surface area (Å²) in [5, 5.41) is 4.10. The molecule has 2 saturated heterocycles. The van der Waals surface area contributed by atoms with E-state index in [9.17, 15) is 18.0 Å². The Morgan fingerprint density at radius 3 is 2.47 bits per heavy atom. The van der Waals surface area contributed by atoms with Gasteiger partial charge in [0, 0.05) is 29.1 Å². The molecule has 2 aromatic heterocycles. The van der Waals surface area contributed by atoms with Gasteiger partial charge in [-0.25, -0.2) is 9.78 Å². The van der Waals surface area contributed by atoms with Gasteiger partial charge in [0.1, 0.15) is 17.3 Å². The van der Waals surface area contributed by atoms with E-state index in [0.717, 1.165) is 50.4 Å². The number of pyridine rings is 1. The van der Waals surface area contributed by atoms with E-state index in [2.05, 4.69) is 15.0 Å². The molecule has 3 aromatic rings. The number of piperidine rings is 1. The number of fused-ring (bicyclic) bond motifs is 2. The van der Waals surface area contributed by atoms with Crippen LogP contribution in [0.15, 0.2) is 47.0 Å². The summed E-state index contributed by atoms with van der Waals surface area (Å²) in [6.45, 7) is 0.150. The Balaban J connectivity index is 1.21. The molecule has 0 spiro atoms. The topological polar surface area (TPSA) is 77.7 Å². The first-order valence-electron chi connectivity index (χ1n) is 12.9. The average molecular weight is 528 g/mol. The molecule has 1 aromatic carbocycles. The van der Waals surface area contributed by atoms with Crippen molar-refractivity contribution >= 4 is 11.8 Å². The SMILES string of the molecule is COC(=O)c1cccc(N2C3CCC2CC(OCc2c(-c4ccccc4C(F)(F)F)noc2C2CC2)C3)n1. The fraction of sp³-hybridized carbons (Fsp3) is 0.464. The minimum absolute atomic E-state index is 0.0145. The smallest absolute Gasteiger partial charge is 0.417 e. The zero-order chi connectivity index (χ0) is 26.4. The number of hydrogen-bond acceptors (Lipinski definition) is 7. The number of ether oxygens (including phenoxy) is 2. The van der Waals surface area contributed by atoms with Crippen LogP contribution in [0.4, 0.5) is 19.0 Å². The fourth-order valence-corrected chi connectivity index (χ4v) is 5.90. The number of alkyl halides is 3. The molecular weight excluding hydrogens is 499 g/mol. The number of carbonyl (C=O) groups is 1. The van der Waals surface area contributed by atoms with Crippen LogP contribution in [-0.2, 0) is 22.3 Å². The number of carbonyl (C=O) groups excluding carboxylic acids is 1. The minimum Gasteiger partial charge on any atom is -0.464 e. The minimum atomic E-state index is -4.50. The van der Waals surface area contributed by atoms with Gasteiger partial charge in [-0.05, 0) is 56.7 Å². The van der Waals surface area contributed by atoms with Gasteiger partial charge in [0.15, 0.2) is 5.69 Å². The molecule has 3 aliphatic rings. The summed E-state index contributed by atoms with van der Waals surface area (Å²) < 4.78 is 58.1. The standard InChI is InChI=1S/C28H28F3N3O4/c1-36-27(35)23-7-4-8-24(32-23)34-17-11-12-18(34)14-19(13-17)37-15-21-25(33-38-26(21)16-9-10-16)20-5-2-3-6-22(20)28(29,30)31/h2-8,16-19H,9-15H2,1H3. The highest BCUT2D eigenvalue weighted by atomic mass is 19.4. The second-order valence-electron chi connectivity index (χ2n) is 10.3. The van der Waals surface area contributed by atoms with E-state index in [0.29, 0.717) is 11.3 Å². The summed E-state index contributed by atoms with van der Waals surface area (Å²) in [5.41, 5.74) is 0.385. The van der Waals surface area contributed by atoms with Gasteiger partial charge in [0.05, 0.1) is 25.4 Å². The monoisotopic (exact) mass is 527 g/mol. The van der Waals surface area contributed by atoms with Crippen molar-refractivity contribution in [2.24, 2.45) is 0 Å². The molecule has 4 heterocycles. The molecule has 2 unspecified atom stereocenters. The van der Waals surface area contributed by atoms with Crippen LogP contribution >= 0.6 is 0 Å². The Labute approximate surface area is 217 Å². The number of benzene rings is 1. The van der Waals surface area contributed by atoms with Gasteiger partial charge in [-0.1, -0.05) is 29.4 Å². The van der Waals surface area contributed by atoms with Crippen molar-refractivity contribution in [2.45, 2.75) is 75.4 Å². The third-order valence-electron chi connectivity index (χ3n) is 7.80. The van der Waals surface area contributed by atoms with Crippen molar-refractivity contribution < 1.29 is 32.0 Å². The normalized spacial score (nSPS) is 23.1. The number of nitrogens with zero attached hydrogens (tertiary/aromatic N) is 3. The second-order valence-corrected chi connectivity index (χ2v) is 10.3. The lowest BCUT2D eigenvalue weighted by Crippen LogP contribution is -2.46. The summed E-state index contributed by atoms with van der Waals surface area (Å²) in [7, 11) is 1.33. The molecule has 0 radical (unpaired) electrons. The molecule has 6 rings (SSSR count). The molecule has 3 fully saturated rings. The maximum atomic E-state index is 13.8. The summed E-state index contributed by atoms with van der Waals surface area (Å²) in [6, 6.07) is 11.2. The van der Waals surface area contributed by atoms with Gasteiger partial charge in [-0.2, -0.15) is 13.2 Å². The van der Waals surface area contributed by atoms with Crippen molar-refractivity contribution in [3.63, 3.8) is 0 Å².